The molecule has 2 aliphatic heterocycles. The van der Waals surface area contributed by atoms with Crippen molar-refractivity contribution in [3.8, 4) is 0 Å². The zero-order chi connectivity index (χ0) is 15.8. The molecule has 2 N–H and O–H groups in total. The lowest BCUT2D eigenvalue weighted by Crippen LogP contribution is -2.51. The highest BCUT2D eigenvalue weighted by molar-refractivity contribution is 8.00. The summed E-state index contributed by atoms with van der Waals surface area (Å²) in [5.41, 5.74) is -0.598. The minimum Gasteiger partial charge on any atom is -0.480 e. The van der Waals surface area contributed by atoms with E-state index in [-0.39, 0.29) is 17.3 Å². The first-order valence-corrected chi connectivity index (χ1v) is 7.99. The van der Waals surface area contributed by atoms with E-state index in [2.05, 4.69) is 5.32 Å². The number of carboxylic acid groups (broad SMARTS) is 1. The first-order chi connectivity index (χ1) is 9.80. The number of hydrogen-bond donors (Lipinski definition) is 2. The van der Waals surface area contributed by atoms with Crippen LogP contribution in [0.4, 0.5) is 4.79 Å². The fourth-order valence-corrected chi connectivity index (χ4v) is 4.06. The minimum absolute atomic E-state index is 0.0866. The molecule has 21 heavy (non-hydrogen) atoms. The molecule has 0 aliphatic carbocycles. The van der Waals surface area contributed by atoms with Crippen molar-refractivity contribution in [1.29, 1.82) is 0 Å². The van der Waals surface area contributed by atoms with Crippen LogP contribution in [-0.2, 0) is 9.59 Å². The third kappa shape index (κ3) is 2.81. The first kappa shape index (κ1) is 15.9. The van der Waals surface area contributed by atoms with Crippen molar-refractivity contribution in [2.24, 2.45) is 5.41 Å². The summed E-state index contributed by atoms with van der Waals surface area (Å²) in [5, 5.41) is 11.7. The van der Waals surface area contributed by atoms with Crippen LogP contribution in [0.25, 0.3) is 0 Å². The molecule has 118 valence electrons. The number of aliphatic carboxylic acids is 1. The molecule has 3 unspecified atom stereocenters. The van der Waals surface area contributed by atoms with Crippen LogP contribution in [0, 0.1) is 5.41 Å². The fraction of sp³-hybridized carbons (Fsp3) is 0.769. The third-order valence-corrected chi connectivity index (χ3v) is 5.47. The highest BCUT2D eigenvalue weighted by Crippen LogP contribution is 2.34. The summed E-state index contributed by atoms with van der Waals surface area (Å²) in [4.78, 5) is 38.8. The Hall–Kier alpha value is -1.44. The quantitative estimate of drug-likeness (QED) is 0.770. The van der Waals surface area contributed by atoms with E-state index in [4.69, 9.17) is 0 Å². The topological polar surface area (TPSA) is 90.0 Å². The van der Waals surface area contributed by atoms with Crippen molar-refractivity contribution in [3.05, 3.63) is 0 Å². The standard InChI is InChI=1S/C13H21N3O4S/c1-8-16(9(6-21-8)10(17)18)12(20)15-5-4-13(2,7-15)11(19)14-3/h8-9H,4-7H2,1-3H3,(H,14,19)(H,17,18). The van der Waals surface area contributed by atoms with Gasteiger partial charge in [0.25, 0.3) is 0 Å². The highest BCUT2D eigenvalue weighted by atomic mass is 32.2. The van der Waals surface area contributed by atoms with Gasteiger partial charge in [0, 0.05) is 25.9 Å². The van der Waals surface area contributed by atoms with Crippen LogP contribution >= 0.6 is 11.8 Å². The molecule has 2 heterocycles. The van der Waals surface area contributed by atoms with Crippen LogP contribution in [0.15, 0.2) is 0 Å². The Kier molecular flexibility index (Phi) is 4.36. The number of carbonyl (C=O) groups is 3. The second-order valence-electron chi connectivity index (χ2n) is 5.79. The van der Waals surface area contributed by atoms with Gasteiger partial charge in [0.15, 0.2) is 0 Å². The van der Waals surface area contributed by atoms with Gasteiger partial charge in [-0.25, -0.2) is 9.59 Å². The number of nitrogens with zero attached hydrogens (tertiary/aromatic N) is 2. The van der Waals surface area contributed by atoms with Gasteiger partial charge in [0.2, 0.25) is 5.91 Å². The van der Waals surface area contributed by atoms with Gasteiger partial charge >= 0.3 is 12.0 Å². The van der Waals surface area contributed by atoms with E-state index >= 15 is 0 Å². The zero-order valence-electron chi connectivity index (χ0n) is 12.5. The summed E-state index contributed by atoms with van der Waals surface area (Å²) in [7, 11) is 1.58. The SMILES string of the molecule is CNC(=O)C1(C)CCN(C(=O)N2C(C)SCC2C(=O)O)C1. The first-order valence-electron chi connectivity index (χ1n) is 6.94. The monoisotopic (exact) mass is 315 g/mol. The van der Waals surface area contributed by atoms with Crippen molar-refractivity contribution in [3.63, 3.8) is 0 Å². The Morgan fingerprint density at radius 1 is 1.38 bits per heavy atom. The average molecular weight is 315 g/mol. The number of rotatable bonds is 2. The molecule has 0 aromatic rings. The Morgan fingerprint density at radius 2 is 2.05 bits per heavy atom. The van der Waals surface area contributed by atoms with E-state index in [1.165, 1.54) is 16.7 Å². The number of carbonyl (C=O) groups excluding carboxylic acids is 2. The predicted octanol–water partition coefficient (Wildman–Crippen LogP) is 0.412. The molecular weight excluding hydrogens is 294 g/mol. The number of urea groups is 1. The van der Waals surface area contributed by atoms with Gasteiger partial charge in [0.1, 0.15) is 6.04 Å². The molecule has 2 fully saturated rings. The lowest BCUT2D eigenvalue weighted by atomic mass is 9.89. The molecular formula is C13H21N3O4S. The van der Waals surface area contributed by atoms with Crippen LogP contribution in [0.3, 0.4) is 0 Å². The van der Waals surface area contributed by atoms with Gasteiger partial charge in [-0.05, 0) is 20.3 Å². The Bertz CT molecular complexity index is 472. The Labute approximate surface area is 128 Å². The Morgan fingerprint density at radius 3 is 2.62 bits per heavy atom. The molecule has 0 bridgehead atoms. The van der Waals surface area contributed by atoms with Gasteiger partial charge in [0.05, 0.1) is 10.8 Å². The third-order valence-electron chi connectivity index (χ3n) is 4.25. The largest absolute Gasteiger partial charge is 0.480 e. The number of nitrogens with one attached hydrogen (secondary N) is 1. The van der Waals surface area contributed by atoms with Gasteiger partial charge in [-0.3, -0.25) is 9.69 Å². The lowest BCUT2D eigenvalue weighted by Gasteiger charge is -2.31. The Balaban J connectivity index is 2.11. The lowest BCUT2D eigenvalue weighted by molar-refractivity contribution is -0.141. The zero-order valence-corrected chi connectivity index (χ0v) is 13.3. The second-order valence-corrected chi connectivity index (χ2v) is 7.14. The summed E-state index contributed by atoms with van der Waals surface area (Å²) in [6.45, 7) is 4.46. The van der Waals surface area contributed by atoms with E-state index in [1.54, 1.807) is 11.9 Å². The maximum atomic E-state index is 12.6. The summed E-state index contributed by atoms with van der Waals surface area (Å²) in [5.74, 6) is -0.659. The normalized spacial score (nSPS) is 32.3. The molecule has 3 amide bonds. The highest BCUT2D eigenvalue weighted by Gasteiger charge is 2.46. The van der Waals surface area contributed by atoms with Crippen molar-refractivity contribution in [2.75, 3.05) is 25.9 Å². The summed E-state index contributed by atoms with van der Waals surface area (Å²) >= 11 is 1.46. The van der Waals surface area contributed by atoms with Crippen molar-refractivity contribution < 1.29 is 19.5 Å². The van der Waals surface area contributed by atoms with Gasteiger partial charge < -0.3 is 15.3 Å². The number of thioether (sulfide) groups is 1. The molecule has 3 atom stereocenters. The van der Waals surface area contributed by atoms with Gasteiger partial charge in [-0.15, -0.1) is 11.8 Å². The van der Waals surface area contributed by atoms with E-state index in [1.807, 2.05) is 13.8 Å². The van der Waals surface area contributed by atoms with Crippen molar-refractivity contribution in [1.82, 2.24) is 15.1 Å². The number of likely N-dealkylation sites (tertiary alicyclic amines) is 1. The summed E-state index contributed by atoms with van der Waals surface area (Å²) < 4.78 is 0. The van der Waals surface area contributed by atoms with E-state index in [0.29, 0.717) is 25.3 Å². The van der Waals surface area contributed by atoms with Crippen LogP contribution in [0.1, 0.15) is 20.3 Å². The maximum absolute atomic E-state index is 12.6. The molecule has 2 saturated heterocycles. The van der Waals surface area contributed by atoms with Crippen LogP contribution < -0.4 is 5.32 Å². The molecule has 0 aromatic carbocycles. The molecule has 2 aliphatic rings. The molecule has 0 aromatic heterocycles. The van der Waals surface area contributed by atoms with Gasteiger partial charge in [-0.2, -0.15) is 0 Å². The number of amides is 3. The van der Waals surface area contributed by atoms with Crippen LogP contribution in [-0.4, -0.2) is 70.1 Å². The minimum atomic E-state index is -0.978. The molecule has 8 heteroatoms. The van der Waals surface area contributed by atoms with E-state index in [9.17, 15) is 19.5 Å². The summed E-state index contributed by atoms with van der Waals surface area (Å²) in [6.07, 6.45) is 0.589. The van der Waals surface area contributed by atoms with E-state index < -0.39 is 17.4 Å². The smallest absolute Gasteiger partial charge is 0.327 e. The van der Waals surface area contributed by atoms with E-state index in [0.717, 1.165) is 0 Å². The molecule has 2 rings (SSSR count). The van der Waals surface area contributed by atoms with Crippen molar-refractivity contribution >= 4 is 29.7 Å². The van der Waals surface area contributed by atoms with Crippen LogP contribution in [0.5, 0.6) is 0 Å². The average Bonchev–Trinajstić information content (AvgIpc) is 3.01. The molecule has 0 spiro atoms. The predicted molar refractivity (Wildman–Crippen MR) is 78.9 cm³/mol. The fourth-order valence-electron chi connectivity index (χ4n) is 2.90. The van der Waals surface area contributed by atoms with Crippen molar-refractivity contribution in [2.45, 2.75) is 31.7 Å². The van der Waals surface area contributed by atoms with Gasteiger partial charge in [-0.1, -0.05) is 0 Å². The number of hydrogen-bond acceptors (Lipinski definition) is 4. The maximum Gasteiger partial charge on any atom is 0.327 e. The van der Waals surface area contributed by atoms with Crippen LogP contribution in [0.2, 0.25) is 0 Å². The number of carboxylic acids is 1. The second kappa shape index (κ2) is 5.75. The molecule has 0 saturated carbocycles. The molecule has 7 nitrogen and oxygen atoms in total. The molecule has 0 radical (unpaired) electrons. The summed E-state index contributed by atoms with van der Waals surface area (Å²) in [6, 6.07) is -1.07.